The number of hydrogen-bond donors (Lipinski definition) is 1. The van der Waals surface area contributed by atoms with Crippen molar-refractivity contribution in [3.8, 4) is 0 Å². The minimum absolute atomic E-state index is 0.716. The summed E-state index contributed by atoms with van der Waals surface area (Å²) >= 11 is 0. The van der Waals surface area contributed by atoms with Crippen molar-refractivity contribution >= 4 is 0 Å². The van der Waals surface area contributed by atoms with Crippen LogP contribution in [0.25, 0.3) is 0 Å². The number of nitrogens with one attached hydrogen (secondary N) is 1. The molecule has 2 rings (SSSR count). The van der Waals surface area contributed by atoms with Gasteiger partial charge in [-0.3, -0.25) is 9.80 Å². The van der Waals surface area contributed by atoms with Crippen LogP contribution in [0.1, 0.15) is 39.5 Å². The predicted octanol–water partition coefficient (Wildman–Crippen LogP) is 1.54. The molecule has 0 radical (unpaired) electrons. The van der Waals surface area contributed by atoms with Crippen molar-refractivity contribution in [1.29, 1.82) is 0 Å². The van der Waals surface area contributed by atoms with Crippen LogP contribution in [-0.4, -0.2) is 61.2 Å². The molecule has 0 spiro atoms. The maximum Gasteiger partial charge on any atom is 0.0195 e. The molecule has 0 aromatic carbocycles. The second-order valence-corrected chi connectivity index (χ2v) is 5.93. The van der Waals surface area contributed by atoms with Crippen molar-refractivity contribution in [1.82, 2.24) is 15.1 Å². The highest BCUT2D eigenvalue weighted by atomic mass is 15.3. The number of rotatable bonds is 3. The van der Waals surface area contributed by atoms with Gasteiger partial charge in [0.15, 0.2) is 0 Å². The van der Waals surface area contributed by atoms with E-state index in [1.807, 2.05) is 0 Å². The van der Waals surface area contributed by atoms with Crippen molar-refractivity contribution < 1.29 is 0 Å². The summed E-state index contributed by atoms with van der Waals surface area (Å²) < 4.78 is 0. The van der Waals surface area contributed by atoms with Crippen molar-refractivity contribution in [2.75, 3.05) is 39.3 Å². The lowest BCUT2D eigenvalue weighted by Gasteiger charge is -2.38. The maximum atomic E-state index is 3.71. The molecule has 0 saturated carbocycles. The summed E-state index contributed by atoms with van der Waals surface area (Å²) in [7, 11) is 0. The summed E-state index contributed by atoms with van der Waals surface area (Å²) in [5.41, 5.74) is 0. The molecule has 3 nitrogen and oxygen atoms in total. The van der Waals surface area contributed by atoms with Crippen LogP contribution in [0, 0.1) is 0 Å². The first-order valence-corrected chi connectivity index (χ1v) is 7.45. The molecule has 1 N–H and O–H groups in total. The van der Waals surface area contributed by atoms with Crippen molar-refractivity contribution in [3.05, 3.63) is 0 Å². The van der Waals surface area contributed by atoms with E-state index >= 15 is 0 Å². The molecule has 2 aliphatic heterocycles. The van der Waals surface area contributed by atoms with Crippen LogP contribution >= 0.6 is 0 Å². The van der Waals surface area contributed by atoms with Gasteiger partial charge in [-0.05, 0) is 33.2 Å². The molecule has 2 aliphatic rings. The van der Waals surface area contributed by atoms with Crippen LogP contribution in [0.4, 0.5) is 0 Å². The maximum absolute atomic E-state index is 3.71. The largest absolute Gasteiger partial charge is 0.313 e. The molecular weight excluding hydrogens is 210 g/mol. The molecule has 3 heteroatoms. The third kappa shape index (κ3) is 4.23. The minimum Gasteiger partial charge on any atom is -0.313 e. The molecule has 17 heavy (non-hydrogen) atoms. The number of nitrogens with zero attached hydrogens (tertiary/aromatic N) is 2. The van der Waals surface area contributed by atoms with E-state index < -0.39 is 0 Å². The molecule has 2 fully saturated rings. The number of hydrogen-bond acceptors (Lipinski definition) is 3. The quantitative estimate of drug-likeness (QED) is 0.806. The Hall–Kier alpha value is -0.120. The smallest absolute Gasteiger partial charge is 0.0195 e. The Morgan fingerprint density at radius 2 is 1.82 bits per heavy atom. The fourth-order valence-corrected chi connectivity index (χ4v) is 3.03. The van der Waals surface area contributed by atoms with Crippen LogP contribution in [0.2, 0.25) is 0 Å². The fourth-order valence-electron chi connectivity index (χ4n) is 3.03. The zero-order valence-corrected chi connectivity index (χ0v) is 11.6. The van der Waals surface area contributed by atoms with E-state index in [1.165, 1.54) is 65.0 Å². The molecule has 2 heterocycles. The molecule has 0 aliphatic carbocycles. The van der Waals surface area contributed by atoms with E-state index in [2.05, 4.69) is 29.0 Å². The van der Waals surface area contributed by atoms with Gasteiger partial charge in [0.1, 0.15) is 0 Å². The summed E-state index contributed by atoms with van der Waals surface area (Å²) in [6, 6.07) is 1.47. The van der Waals surface area contributed by atoms with Crippen LogP contribution in [0.3, 0.4) is 0 Å². The van der Waals surface area contributed by atoms with Crippen molar-refractivity contribution in [2.24, 2.45) is 0 Å². The Morgan fingerprint density at radius 3 is 2.53 bits per heavy atom. The molecule has 0 aromatic rings. The summed E-state index contributed by atoms with van der Waals surface area (Å²) in [4.78, 5) is 5.25. The SMILES string of the molecule is CC(C)N1CCN(CC2CCCCCN2)CC1. The summed E-state index contributed by atoms with van der Waals surface area (Å²) in [5, 5.41) is 3.71. The lowest BCUT2D eigenvalue weighted by Crippen LogP contribution is -2.52. The topological polar surface area (TPSA) is 18.5 Å². The zero-order chi connectivity index (χ0) is 12.1. The zero-order valence-electron chi connectivity index (χ0n) is 11.6. The van der Waals surface area contributed by atoms with Gasteiger partial charge in [0.2, 0.25) is 0 Å². The predicted molar refractivity (Wildman–Crippen MR) is 73.4 cm³/mol. The van der Waals surface area contributed by atoms with Gasteiger partial charge in [-0.1, -0.05) is 12.8 Å². The Kier molecular flexibility index (Phi) is 5.26. The number of piperazine rings is 1. The molecule has 0 aromatic heterocycles. The van der Waals surface area contributed by atoms with Gasteiger partial charge in [0, 0.05) is 44.8 Å². The minimum atomic E-state index is 0.716. The summed E-state index contributed by atoms with van der Waals surface area (Å²) in [6.45, 7) is 12.1. The van der Waals surface area contributed by atoms with Gasteiger partial charge in [-0.15, -0.1) is 0 Å². The third-order valence-electron chi connectivity index (χ3n) is 4.28. The Morgan fingerprint density at radius 1 is 1.06 bits per heavy atom. The second-order valence-electron chi connectivity index (χ2n) is 5.93. The highest BCUT2D eigenvalue weighted by Gasteiger charge is 2.21. The van der Waals surface area contributed by atoms with E-state index in [0.29, 0.717) is 6.04 Å². The first kappa shape index (κ1) is 13.3. The van der Waals surface area contributed by atoms with E-state index in [9.17, 15) is 0 Å². The normalized spacial score (nSPS) is 29.5. The van der Waals surface area contributed by atoms with E-state index in [0.717, 1.165) is 6.04 Å². The van der Waals surface area contributed by atoms with E-state index in [-0.39, 0.29) is 0 Å². The first-order chi connectivity index (χ1) is 8.25. The average molecular weight is 239 g/mol. The lowest BCUT2D eigenvalue weighted by atomic mass is 10.1. The lowest BCUT2D eigenvalue weighted by molar-refractivity contribution is 0.101. The Labute approximate surface area is 107 Å². The summed E-state index contributed by atoms with van der Waals surface area (Å²) in [6.07, 6.45) is 5.59. The molecule has 100 valence electrons. The van der Waals surface area contributed by atoms with Crippen LogP contribution in [0.15, 0.2) is 0 Å². The van der Waals surface area contributed by atoms with E-state index in [4.69, 9.17) is 0 Å². The van der Waals surface area contributed by atoms with Gasteiger partial charge in [-0.25, -0.2) is 0 Å². The van der Waals surface area contributed by atoms with Crippen LogP contribution in [0.5, 0.6) is 0 Å². The standard InChI is InChI=1S/C14H29N3/c1-13(2)17-10-8-16(9-11-17)12-14-6-4-3-5-7-15-14/h13-15H,3-12H2,1-2H3. The molecule has 0 amide bonds. The fraction of sp³-hybridized carbons (Fsp3) is 1.00. The Bertz CT molecular complexity index is 202. The van der Waals surface area contributed by atoms with E-state index in [1.54, 1.807) is 0 Å². The summed E-state index contributed by atoms with van der Waals surface area (Å²) in [5.74, 6) is 0. The average Bonchev–Trinajstić information content (AvgIpc) is 2.58. The van der Waals surface area contributed by atoms with Gasteiger partial charge in [0.05, 0.1) is 0 Å². The van der Waals surface area contributed by atoms with Gasteiger partial charge in [0.25, 0.3) is 0 Å². The molecule has 2 saturated heterocycles. The monoisotopic (exact) mass is 239 g/mol. The van der Waals surface area contributed by atoms with Gasteiger partial charge in [-0.2, -0.15) is 0 Å². The second kappa shape index (κ2) is 6.72. The van der Waals surface area contributed by atoms with Crippen LogP contribution in [-0.2, 0) is 0 Å². The molecule has 1 atom stereocenters. The highest BCUT2D eigenvalue weighted by molar-refractivity contribution is 4.79. The molecule has 0 bridgehead atoms. The molecular formula is C14H29N3. The van der Waals surface area contributed by atoms with Gasteiger partial charge >= 0.3 is 0 Å². The Balaban J connectivity index is 1.69. The molecule has 1 unspecified atom stereocenters. The first-order valence-electron chi connectivity index (χ1n) is 7.45. The van der Waals surface area contributed by atoms with Crippen molar-refractivity contribution in [3.63, 3.8) is 0 Å². The van der Waals surface area contributed by atoms with Gasteiger partial charge < -0.3 is 5.32 Å². The highest BCUT2D eigenvalue weighted by Crippen LogP contribution is 2.11. The third-order valence-corrected chi connectivity index (χ3v) is 4.28. The van der Waals surface area contributed by atoms with Crippen LogP contribution < -0.4 is 5.32 Å². The van der Waals surface area contributed by atoms with Crippen molar-refractivity contribution in [2.45, 2.75) is 51.6 Å².